The Morgan fingerprint density at radius 3 is 1.78 bits per heavy atom. The molecule has 2 spiro atoms. The summed E-state index contributed by atoms with van der Waals surface area (Å²) >= 11 is 0. The maximum atomic E-state index is 15.6. The third-order valence-corrected chi connectivity index (χ3v) is 19.6. The number of hydrogen-bond donors (Lipinski definition) is 0. The minimum atomic E-state index is -1.83. The molecule has 0 N–H and O–H groups in total. The van der Waals surface area contributed by atoms with Gasteiger partial charge in [0.05, 0.1) is 5.56 Å². The maximum absolute atomic E-state index is 15.6. The van der Waals surface area contributed by atoms with Crippen LogP contribution in [0.2, 0.25) is 0 Å². The van der Waals surface area contributed by atoms with Crippen LogP contribution in [0.4, 0.5) is 0 Å². The average molecular weight is 1080 g/mol. The van der Waals surface area contributed by atoms with Crippen LogP contribution in [0.5, 0.6) is 0 Å². The van der Waals surface area contributed by atoms with Crippen molar-refractivity contribution in [3.8, 4) is 0 Å². The second-order valence-corrected chi connectivity index (χ2v) is 24.0. The zero-order valence-corrected chi connectivity index (χ0v) is 47.1. The predicted octanol–water partition coefficient (Wildman–Crippen LogP) is 7.74. The lowest BCUT2D eigenvalue weighted by Gasteiger charge is -2.64. The van der Waals surface area contributed by atoms with Gasteiger partial charge in [0.2, 0.25) is 12.4 Å². The monoisotopic (exact) mass is 1080 g/mol. The normalized spacial score (nSPS) is 36.8. The number of benzene rings is 1. The van der Waals surface area contributed by atoms with Gasteiger partial charge in [-0.05, 0) is 123 Å². The van der Waals surface area contributed by atoms with Crippen LogP contribution in [0.15, 0.2) is 30.3 Å². The molecule has 1 unspecified atom stereocenters. The molecule has 5 saturated carbocycles. The smallest absolute Gasteiger partial charge is 0.338 e. The largest absolute Gasteiger partial charge is 0.463 e. The summed E-state index contributed by atoms with van der Waals surface area (Å²) in [5.74, 6) is -6.52. The van der Waals surface area contributed by atoms with Crippen molar-refractivity contribution in [2.45, 2.75) is 203 Å². The van der Waals surface area contributed by atoms with E-state index >= 15 is 4.79 Å². The van der Waals surface area contributed by atoms with E-state index in [0.29, 0.717) is 37.7 Å². The van der Waals surface area contributed by atoms with Gasteiger partial charge < -0.3 is 47.4 Å². The zero-order valence-electron chi connectivity index (χ0n) is 47.1. The topological polar surface area (TPSA) is 246 Å². The van der Waals surface area contributed by atoms with Crippen LogP contribution in [0.3, 0.4) is 0 Å². The first-order valence-electron chi connectivity index (χ1n) is 27.3. The number of carbonyl (C=O) groups excluding carboxylic acids is 9. The Morgan fingerprint density at radius 2 is 1.19 bits per heavy atom. The molecular formula is C58H80O19. The Labute approximate surface area is 451 Å². The van der Waals surface area contributed by atoms with Crippen molar-refractivity contribution < 1.29 is 90.5 Å². The van der Waals surface area contributed by atoms with Crippen LogP contribution < -0.4 is 0 Å². The molecule has 5 aliphatic carbocycles. The number of esters is 9. The highest BCUT2D eigenvalue weighted by Gasteiger charge is 2.87. The van der Waals surface area contributed by atoms with Crippen LogP contribution in [0.25, 0.3) is 0 Å². The molecule has 7 rings (SSSR count). The van der Waals surface area contributed by atoms with E-state index in [1.807, 2.05) is 19.9 Å². The minimum absolute atomic E-state index is 0.0261. The highest BCUT2D eigenvalue weighted by molar-refractivity contribution is 5.89. The first kappa shape index (κ1) is 59.1. The summed E-state index contributed by atoms with van der Waals surface area (Å²) in [6.45, 7) is 20.4. The van der Waals surface area contributed by atoms with Gasteiger partial charge >= 0.3 is 53.7 Å². The summed E-state index contributed by atoms with van der Waals surface area (Å²) in [6, 6.07) is 8.78. The third kappa shape index (κ3) is 10.8. The van der Waals surface area contributed by atoms with Gasteiger partial charge in [-0.2, -0.15) is 0 Å². The number of fused-ring (bicyclic) bond motifs is 2. The van der Waals surface area contributed by atoms with E-state index in [1.165, 1.54) is 20.8 Å². The van der Waals surface area contributed by atoms with Crippen LogP contribution in [0.1, 0.15) is 165 Å². The highest BCUT2D eigenvalue weighted by atomic mass is 16.7. The number of ether oxygens (including phenoxy) is 10. The summed E-state index contributed by atoms with van der Waals surface area (Å²) in [7, 11) is 0. The van der Waals surface area contributed by atoms with E-state index in [1.54, 1.807) is 31.2 Å². The first-order chi connectivity index (χ1) is 36.0. The summed E-state index contributed by atoms with van der Waals surface area (Å²) in [6.07, 6.45) is -3.56. The summed E-state index contributed by atoms with van der Waals surface area (Å²) in [4.78, 5) is 118. The number of rotatable bonds is 18. The van der Waals surface area contributed by atoms with Gasteiger partial charge in [-0.25, -0.2) is 4.79 Å². The Balaban J connectivity index is 1.21. The van der Waals surface area contributed by atoms with E-state index in [-0.39, 0.29) is 47.5 Å². The molecule has 0 bridgehead atoms. The maximum Gasteiger partial charge on any atom is 0.338 e. The van der Waals surface area contributed by atoms with Crippen LogP contribution in [0, 0.1) is 56.7 Å². The predicted molar refractivity (Wildman–Crippen MR) is 270 cm³/mol. The first-order valence-corrected chi connectivity index (χ1v) is 27.3. The fourth-order valence-corrected chi connectivity index (χ4v) is 15.9. The highest BCUT2D eigenvalue weighted by Crippen LogP contribution is 2.89. The van der Waals surface area contributed by atoms with Crippen LogP contribution in [-0.2, 0) is 85.7 Å². The van der Waals surface area contributed by atoms with E-state index < -0.39 is 131 Å². The van der Waals surface area contributed by atoms with E-state index in [4.69, 9.17) is 47.4 Å². The molecule has 17 atom stereocenters. The molecule has 1 aromatic rings. The van der Waals surface area contributed by atoms with E-state index in [0.717, 1.165) is 53.4 Å². The lowest BCUT2D eigenvalue weighted by molar-refractivity contribution is -0.307. The SMILES string of the molecule is CC(=O)OC[C@H]1O[C@@H](OC(=O)[C@@]2(C)C3CC[C@@H]4[C@]5(CC[C@]6(C)[C@@H]([C@H](C)CC[C@](COC(C)=O)(OC(=O)c7ccccc7)C(C)C)CC[C@@]46C)C[C@]35[C@@H](OC(C)=O)C[C@@H]2OC(C)=O)[C@H](OC(C)=O)[C@@H](OC(C)=O)[C@@H]1OC(C)=O. The molecule has 77 heavy (non-hydrogen) atoms. The molecule has 1 aromatic carbocycles. The molecule has 426 valence electrons. The third-order valence-electron chi connectivity index (χ3n) is 19.6. The molecule has 19 heteroatoms. The summed E-state index contributed by atoms with van der Waals surface area (Å²) in [5, 5.41) is 0. The van der Waals surface area contributed by atoms with Gasteiger partial charge in [0.25, 0.3) is 0 Å². The number of carbonyl (C=O) groups is 9. The molecular weight excluding hydrogens is 1000 g/mol. The molecule has 1 saturated heterocycles. The van der Waals surface area contributed by atoms with Crippen LogP contribution >= 0.6 is 0 Å². The van der Waals surface area contributed by atoms with Crippen LogP contribution in [-0.4, -0.2) is 115 Å². The van der Waals surface area contributed by atoms with Crippen molar-refractivity contribution in [1.82, 2.24) is 0 Å². The Kier molecular flexibility index (Phi) is 17.1. The summed E-state index contributed by atoms with van der Waals surface area (Å²) in [5.41, 5.74) is -3.83. The van der Waals surface area contributed by atoms with Gasteiger partial charge in [-0.15, -0.1) is 0 Å². The molecule has 19 nitrogen and oxygen atoms in total. The van der Waals surface area contributed by atoms with E-state index in [2.05, 4.69) is 20.8 Å². The van der Waals surface area contributed by atoms with Gasteiger partial charge in [-0.3, -0.25) is 38.4 Å². The molecule has 0 radical (unpaired) electrons. The van der Waals surface area contributed by atoms with Gasteiger partial charge in [0.15, 0.2) is 12.2 Å². The quantitative estimate of drug-likeness (QED) is 0.101. The summed E-state index contributed by atoms with van der Waals surface area (Å²) < 4.78 is 59.1. The van der Waals surface area contributed by atoms with E-state index in [9.17, 15) is 38.4 Å². The van der Waals surface area contributed by atoms with Gasteiger partial charge in [-0.1, -0.05) is 52.8 Å². The fourth-order valence-electron chi connectivity index (χ4n) is 15.9. The molecule has 1 aliphatic heterocycles. The van der Waals surface area contributed by atoms with Crippen molar-refractivity contribution in [1.29, 1.82) is 0 Å². The standard InChI is InChI=1S/C58H80O19/c1-31(2)57(30-69-34(5)60,77-50(66)40-17-15-14-16-18-40)24-21-32(3)41-22-23-54(12)43-19-20-44-55(13,45(70-35(6)61)27-46(71-36(7)62)58(44)29-56(43,58)26-25-53(41,54)11)52(67)76-51-49(74-39(10)65)48(73-38(9)64)47(72-37(8)63)42(75-51)28-68-33(4)59/h14-18,31-32,41-49,51H,19-30H2,1-13H3/t32-,41-,42-,43+,44?,45+,46+,47-,48+,49-,51+,53-,54+,55+,56+,57-,58-/m1/s1. The Hall–Kier alpha value is -5.59. The fraction of sp³-hybridized carbons (Fsp3) is 0.741. The molecule has 6 aliphatic rings. The van der Waals surface area contributed by atoms with Crippen molar-refractivity contribution in [3.05, 3.63) is 35.9 Å². The molecule has 0 aromatic heterocycles. The van der Waals surface area contributed by atoms with Crippen molar-refractivity contribution in [2.24, 2.45) is 56.7 Å². The second-order valence-electron chi connectivity index (χ2n) is 24.0. The number of hydrogen-bond acceptors (Lipinski definition) is 19. The zero-order chi connectivity index (χ0) is 56.8. The lowest BCUT2D eigenvalue weighted by atomic mass is 9.41. The average Bonchev–Trinajstić information content (AvgIpc) is 4.17. The van der Waals surface area contributed by atoms with Crippen molar-refractivity contribution >= 4 is 53.7 Å². The second kappa shape index (κ2) is 22.3. The Bertz CT molecular complexity index is 2460. The van der Waals surface area contributed by atoms with Gasteiger partial charge in [0.1, 0.15) is 42.5 Å². The van der Waals surface area contributed by atoms with Gasteiger partial charge in [0, 0.05) is 60.3 Å². The lowest BCUT2D eigenvalue weighted by Crippen LogP contribution is -2.66. The molecule has 6 fully saturated rings. The molecule has 0 amide bonds. The minimum Gasteiger partial charge on any atom is -0.463 e. The Morgan fingerprint density at radius 1 is 0.623 bits per heavy atom. The van der Waals surface area contributed by atoms with Crippen molar-refractivity contribution in [3.63, 3.8) is 0 Å². The van der Waals surface area contributed by atoms with Crippen molar-refractivity contribution in [2.75, 3.05) is 13.2 Å². The molecule has 1 heterocycles.